The van der Waals surface area contributed by atoms with Gasteiger partial charge in [0.25, 0.3) is 0 Å². The Hall–Kier alpha value is -2.21. The van der Waals surface area contributed by atoms with Crippen molar-refractivity contribution < 1.29 is 10.0 Å². The monoisotopic (exact) mass is 233 g/mol. The van der Waals surface area contributed by atoms with Crippen molar-refractivity contribution >= 4 is 5.69 Å². The number of rotatable bonds is 4. The summed E-state index contributed by atoms with van der Waals surface area (Å²) < 4.78 is 1.36. The van der Waals surface area contributed by atoms with Crippen molar-refractivity contribution in [2.75, 3.05) is 0 Å². The molecule has 0 aliphatic carbocycles. The van der Waals surface area contributed by atoms with E-state index in [0.29, 0.717) is 0 Å². The van der Waals surface area contributed by atoms with Gasteiger partial charge in [0.1, 0.15) is 12.4 Å². The van der Waals surface area contributed by atoms with Crippen LogP contribution in [0.5, 0.6) is 0 Å². The lowest BCUT2D eigenvalue weighted by molar-refractivity contribution is -0.385. The Bertz CT molecular complexity index is 510. The summed E-state index contributed by atoms with van der Waals surface area (Å²) in [6, 6.07) is 9.09. The average Bonchev–Trinajstić information content (AvgIpc) is 2.79. The highest BCUT2D eigenvalue weighted by molar-refractivity contribution is 5.21. The fraction of sp³-hybridized carbons (Fsp3) is 0.182. The predicted molar refractivity (Wildman–Crippen MR) is 60.3 cm³/mol. The molecule has 0 saturated carbocycles. The van der Waals surface area contributed by atoms with E-state index in [1.165, 1.54) is 10.9 Å². The smallest absolute Gasteiger partial charge is 0.306 e. The second kappa shape index (κ2) is 4.75. The van der Waals surface area contributed by atoms with Crippen molar-refractivity contribution in [2.24, 2.45) is 0 Å². The molecule has 0 amide bonds. The van der Waals surface area contributed by atoms with E-state index in [2.05, 4.69) is 5.10 Å². The first-order chi connectivity index (χ1) is 8.16. The topological polar surface area (TPSA) is 81.2 Å². The molecule has 0 aliphatic heterocycles. The number of benzene rings is 1. The lowest BCUT2D eigenvalue weighted by Gasteiger charge is -2.10. The summed E-state index contributed by atoms with van der Waals surface area (Å²) in [5.41, 5.74) is 0.677. The van der Waals surface area contributed by atoms with Crippen LogP contribution in [0.25, 0.3) is 0 Å². The molecular formula is C11H11N3O3. The van der Waals surface area contributed by atoms with Gasteiger partial charge in [-0.15, -0.1) is 0 Å². The van der Waals surface area contributed by atoms with Gasteiger partial charge in [-0.2, -0.15) is 5.10 Å². The van der Waals surface area contributed by atoms with Gasteiger partial charge in [-0.3, -0.25) is 14.8 Å². The molecule has 2 rings (SSSR count). The first-order valence-corrected chi connectivity index (χ1v) is 5.06. The first kappa shape index (κ1) is 11.3. The third-order valence-electron chi connectivity index (χ3n) is 2.37. The van der Waals surface area contributed by atoms with E-state index in [0.717, 1.165) is 11.8 Å². The quantitative estimate of drug-likeness (QED) is 0.641. The molecule has 1 N–H and O–H groups in total. The molecule has 1 aromatic heterocycles. The average molecular weight is 233 g/mol. The second-order valence-corrected chi connectivity index (χ2v) is 3.60. The highest BCUT2D eigenvalue weighted by Gasteiger charge is 2.12. The number of nitro groups is 1. The highest BCUT2D eigenvalue weighted by Crippen LogP contribution is 2.15. The third-order valence-corrected chi connectivity index (χ3v) is 2.37. The molecule has 1 unspecified atom stereocenters. The molecule has 0 spiro atoms. The van der Waals surface area contributed by atoms with Gasteiger partial charge in [0.2, 0.25) is 0 Å². The first-order valence-electron chi connectivity index (χ1n) is 5.06. The summed E-state index contributed by atoms with van der Waals surface area (Å²) in [6.45, 7) is 0.192. The normalized spacial score (nSPS) is 12.3. The van der Waals surface area contributed by atoms with Gasteiger partial charge in [0.15, 0.2) is 0 Å². The predicted octanol–water partition coefficient (Wildman–Crippen LogP) is 1.52. The van der Waals surface area contributed by atoms with Crippen LogP contribution in [0.1, 0.15) is 11.7 Å². The Morgan fingerprint density at radius 1 is 1.41 bits per heavy atom. The van der Waals surface area contributed by atoms with Crippen LogP contribution in [0.15, 0.2) is 42.7 Å². The van der Waals surface area contributed by atoms with Gasteiger partial charge in [0.05, 0.1) is 17.6 Å². The van der Waals surface area contributed by atoms with E-state index < -0.39 is 11.0 Å². The number of hydrogen-bond donors (Lipinski definition) is 1. The summed E-state index contributed by atoms with van der Waals surface area (Å²) in [4.78, 5) is 9.94. The minimum absolute atomic E-state index is 0.0785. The third kappa shape index (κ3) is 2.67. The van der Waals surface area contributed by atoms with Gasteiger partial charge < -0.3 is 5.11 Å². The Morgan fingerprint density at radius 2 is 2.12 bits per heavy atom. The summed E-state index contributed by atoms with van der Waals surface area (Å²) in [6.07, 6.45) is 1.74. The van der Waals surface area contributed by atoms with Crippen LogP contribution in [0.3, 0.4) is 0 Å². The van der Waals surface area contributed by atoms with Crippen molar-refractivity contribution in [1.82, 2.24) is 9.78 Å². The summed E-state index contributed by atoms with van der Waals surface area (Å²) >= 11 is 0. The molecule has 0 aliphatic rings. The zero-order valence-electron chi connectivity index (χ0n) is 8.93. The lowest BCUT2D eigenvalue weighted by Crippen LogP contribution is -2.08. The Morgan fingerprint density at radius 3 is 2.71 bits per heavy atom. The fourth-order valence-electron chi connectivity index (χ4n) is 1.50. The molecule has 6 heteroatoms. The van der Waals surface area contributed by atoms with Gasteiger partial charge in [-0.1, -0.05) is 30.3 Å². The Balaban J connectivity index is 2.08. The van der Waals surface area contributed by atoms with Crippen LogP contribution in [0, 0.1) is 10.1 Å². The maximum Gasteiger partial charge on any atom is 0.306 e. The highest BCUT2D eigenvalue weighted by atomic mass is 16.6. The number of aliphatic hydroxyl groups excluding tert-OH is 1. The number of aliphatic hydroxyl groups is 1. The van der Waals surface area contributed by atoms with Crippen molar-refractivity contribution in [3.63, 3.8) is 0 Å². The van der Waals surface area contributed by atoms with Crippen LogP contribution >= 0.6 is 0 Å². The molecule has 6 nitrogen and oxygen atoms in total. The van der Waals surface area contributed by atoms with Crippen LogP contribution in [0.2, 0.25) is 0 Å². The van der Waals surface area contributed by atoms with E-state index >= 15 is 0 Å². The van der Waals surface area contributed by atoms with E-state index in [1.807, 2.05) is 18.2 Å². The fourth-order valence-corrected chi connectivity index (χ4v) is 1.50. The number of nitrogens with zero attached hydrogens (tertiary/aromatic N) is 3. The van der Waals surface area contributed by atoms with Crippen LogP contribution < -0.4 is 0 Å². The molecule has 17 heavy (non-hydrogen) atoms. The maximum atomic E-state index is 10.5. The van der Waals surface area contributed by atoms with E-state index in [1.54, 1.807) is 12.1 Å². The van der Waals surface area contributed by atoms with Gasteiger partial charge in [-0.05, 0) is 5.56 Å². The van der Waals surface area contributed by atoms with Gasteiger partial charge >= 0.3 is 5.69 Å². The molecule has 1 heterocycles. The summed E-state index contributed by atoms with van der Waals surface area (Å²) in [5.74, 6) is 0. The standard InChI is InChI=1S/C11H11N3O3/c15-11(9-4-2-1-3-5-9)8-13-7-10(6-12-13)14(16)17/h1-7,11,15H,8H2. The van der Waals surface area contributed by atoms with Crippen molar-refractivity contribution in [1.29, 1.82) is 0 Å². The Kier molecular flexibility index (Phi) is 3.15. The van der Waals surface area contributed by atoms with Crippen molar-refractivity contribution in [3.05, 3.63) is 58.4 Å². The maximum absolute atomic E-state index is 10.5. The summed E-state index contributed by atoms with van der Waals surface area (Å²) in [7, 11) is 0. The molecule has 1 aromatic carbocycles. The molecule has 0 radical (unpaired) electrons. The lowest BCUT2D eigenvalue weighted by atomic mass is 10.1. The van der Waals surface area contributed by atoms with E-state index in [9.17, 15) is 15.2 Å². The van der Waals surface area contributed by atoms with Crippen LogP contribution in [-0.2, 0) is 6.54 Å². The summed E-state index contributed by atoms with van der Waals surface area (Å²) in [5, 5.41) is 24.2. The molecule has 0 fully saturated rings. The molecule has 88 valence electrons. The van der Waals surface area contributed by atoms with Crippen molar-refractivity contribution in [3.8, 4) is 0 Å². The zero-order chi connectivity index (χ0) is 12.3. The zero-order valence-corrected chi connectivity index (χ0v) is 8.93. The Labute approximate surface area is 97.3 Å². The van der Waals surface area contributed by atoms with Gasteiger partial charge in [0, 0.05) is 0 Å². The van der Waals surface area contributed by atoms with Crippen molar-refractivity contribution in [2.45, 2.75) is 12.6 Å². The van der Waals surface area contributed by atoms with Crippen LogP contribution in [-0.4, -0.2) is 19.8 Å². The minimum atomic E-state index is -0.726. The van der Waals surface area contributed by atoms with Crippen LogP contribution in [0.4, 0.5) is 5.69 Å². The number of hydrogen-bond acceptors (Lipinski definition) is 4. The van der Waals surface area contributed by atoms with E-state index in [-0.39, 0.29) is 12.2 Å². The van der Waals surface area contributed by atoms with E-state index in [4.69, 9.17) is 0 Å². The largest absolute Gasteiger partial charge is 0.386 e. The SMILES string of the molecule is O=[N+]([O-])c1cnn(CC(O)c2ccccc2)c1. The second-order valence-electron chi connectivity index (χ2n) is 3.60. The molecular weight excluding hydrogens is 222 g/mol. The van der Waals surface area contributed by atoms with Gasteiger partial charge in [-0.25, -0.2) is 0 Å². The molecule has 0 bridgehead atoms. The molecule has 2 aromatic rings. The minimum Gasteiger partial charge on any atom is -0.386 e. The molecule has 0 saturated heterocycles. The number of aromatic nitrogens is 2. The molecule has 1 atom stereocenters.